The van der Waals surface area contributed by atoms with Gasteiger partial charge < -0.3 is 5.32 Å². The van der Waals surface area contributed by atoms with E-state index in [2.05, 4.69) is 44.2 Å². The van der Waals surface area contributed by atoms with E-state index >= 15 is 0 Å². The van der Waals surface area contributed by atoms with E-state index in [0.717, 1.165) is 69.2 Å². The molecule has 0 aliphatic heterocycles. The third-order valence-electron chi connectivity index (χ3n) is 8.42. The number of nitrogens with zero attached hydrogens (tertiary/aromatic N) is 2. The predicted octanol–water partition coefficient (Wildman–Crippen LogP) is 7.26. The highest BCUT2D eigenvalue weighted by molar-refractivity contribution is 5.78. The first-order valence-electron chi connectivity index (χ1n) is 13.7. The van der Waals surface area contributed by atoms with Crippen molar-refractivity contribution < 1.29 is 9.18 Å². The second-order valence-corrected chi connectivity index (χ2v) is 10.9. The number of allylic oxidation sites excluding steroid dienone is 1. The van der Waals surface area contributed by atoms with Crippen LogP contribution in [0.15, 0.2) is 36.0 Å². The molecule has 2 aliphatic rings. The Morgan fingerprint density at radius 2 is 1.83 bits per heavy atom. The van der Waals surface area contributed by atoms with Gasteiger partial charge in [0.25, 0.3) is 0 Å². The monoisotopic (exact) mass is 479 g/mol. The first-order chi connectivity index (χ1) is 16.9. The van der Waals surface area contributed by atoms with Gasteiger partial charge in [-0.15, -0.1) is 0 Å². The molecule has 4 rings (SSSR count). The lowest BCUT2D eigenvalue weighted by molar-refractivity contribution is -0.126. The summed E-state index contributed by atoms with van der Waals surface area (Å²) in [5.74, 6) is 0.721. The summed E-state index contributed by atoms with van der Waals surface area (Å²) in [6, 6.07) is 6.79. The number of halogens is 1. The largest absolute Gasteiger partial charge is 0.353 e. The Bertz CT molecular complexity index is 1030. The lowest BCUT2D eigenvalue weighted by Crippen LogP contribution is -2.42. The molecular formula is C30H42FN3O. The zero-order chi connectivity index (χ0) is 25.0. The summed E-state index contributed by atoms with van der Waals surface area (Å²) in [6.07, 6.45) is 14.8. The number of aromatic nitrogens is 2. The maximum Gasteiger partial charge on any atom is 0.223 e. The standard InChI is InChI=1S/C30H42FN3O/c1-5-8-21(9-6-2)29(35)33-26(10-7-3)17-23-11-12-24-18-28-22(19-30(23,24)4)20-32-34(28)27-15-13-25(31)14-16-27/h13-16,18,20-21,23,26H,5-12,17,19H2,1-4H3,(H,33,35). The van der Waals surface area contributed by atoms with E-state index in [4.69, 9.17) is 0 Å². The summed E-state index contributed by atoms with van der Waals surface area (Å²) in [5, 5.41) is 8.13. The quantitative estimate of drug-likeness (QED) is 0.369. The van der Waals surface area contributed by atoms with Gasteiger partial charge in [-0.1, -0.05) is 52.5 Å². The number of fused-ring (bicyclic) bond motifs is 2. The van der Waals surface area contributed by atoms with E-state index in [1.54, 1.807) is 12.1 Å². The zero-order valence-corrected chi connectivity index (χ0v) is 21.9. The van der Waals surface area contributed by atoms with E-state index in [-0.39, 0.29) is 29.1 Å². The average molecular weight is 480 g/mol. The number of hydrogen-bond donors (Lipinski definition) is 1. The van der Waals surface area contributed by atoms with Crippen LogP contribution in [0.4, 0.5) is 4.39 Å². The van der Waals surface area contributed by atoms with E-state index < -0.39 is 0 Å². The first kappa shape index (κ1) is 25.7. The topological polar surface area (TPSA) is 46.9 Å². The summed E-state index contributed by atoms with van der Waals surface area (Å²) in [5.41, 5.74) is 4.88. The van der Waals surface area contributed by atoms with Crippen molar-refractivity contribution in [1.29, 1.82) is 0 Å². The van der Waals surface area contributed by atoms with Crippen molar-refractivity contribution in [2.75, 3.05) is 0 Å². The van der Waals surface area contributed by atoms with Crippen molar-refractivity contribution in [3.8, 4) is 5.69 Å². The van der Waals surface area contributed by atoms with Gasteiger partial charge in [-0.2, -0.15) is 5.10 Å². The number of benzene rings is 1. The molecular weight excluding hydrogens is 437 g/mol. The SMILES string of the molecule is CCCC(CC1CCC2=Cc3c(cnn3-c3ccc(F)cc3)CC21C)NC(=O)C(CCC)CCC. The van der Waals surface area contributed by atoms with Crippen LogP contribution in [-0.4, -0.2) is 21.7 Å². The van der Waals surface area contributed by atoms with Crippen LogP contribution in [0.2, 0.25) is 0 Å². The molecule has 1 saturated carbocycles. The average Bonchev–Trinajstić information content (AvgIpc) is 3.37. The fourth-order valence-corrected chi connectivity index (χ4v) is 6.46. The molecule has 1 amide bonds. The molecule has 2 aliphatic carbocycles. The molecule has 1 aromatic carbocycles. The number of carbonyl (C=O) groups is 1. The van der Waals surface area contributed by atoms with Gasteiger partial charge in [0, 0.05) is 12.0 Å². The zero-order valence-electron chi connectivity index (χ0n) is 21.9. The maximum atomic E-state index is 13.4. The molecule has 0 spiro atoms. The van der Waals surface area contributed by atoms with E-state index in [9.17, 15) is 9.18 Å². The molecule has 0 bridgehead atoms. The van der Waals surface area contributed by atoms with Crippen LogP contribution < -0.4 is 5.32 Å². The van der Waals surface area contributed by atoms with Crippen LogP contribution in [0.5, 0.6) is 0 Å². The number of amides is 1. The second kappa shape index (κ2) is 11.1. The summed E-state index contributed by atoms with van der Waals surface area (Å²) < 4.78 is 15.4. The molecule has 0 saturated heterocycles. The van der Waals surface area contributed by atoms with Crippen LogP contribution >= 0.6 is 0 Å². The number of carbonyl (C=O) groups excluding carboxylic acids is 1. The number of hydrogen-bond acceptors (Lipinski definition) is 2. The molecule has 2 aromatic rings. The first-order valence-corrected chi connectivity index (χ1v) is 13.7. The van der Waals surface area contributed by atoms with Crippen molar-refractivity contribution in [1.82, 2.24) is 15.1 Å². The van der Waals surface area contributed by atoms with Crippen molar-refractivity contribution in [2.24, 2.45) is 17.3 Å². The van der Waals surface area contributed by atoms with Crippen LogP contribution in [0.3, 0.4) is 0 Å². The lowest BCUT2D eigenvalue weighted by atomic mass is 9.68. The van der Waals surface area contributed by atoms with Gasteiger partial charge in [0.2, 0.25) is 5.91 Å². The van der Waals surface area contributed by atoms with Crippen LogP contribution in [0.1, 0.15) is 96.7 Å². The maximum absolute atomic E-state index is 13.4. The molecule has 1 N–H and O–H groups in total. The summed E-state index contributed by atoms with van der Waals surface area (Å²) in [6.45, 7) is 8.97. The van der Waals surface area contributed by atoms with Crippen molar-refractivity contribution in [2.45, 2.75) is 97.9 Å². The fourth-order valence-electron chi connectivity index (χ4n) is 6.46. The van der Waals surface area contributed by atoms with E-state index in [0.29, 0.717) is 5.92 Å². The third-order valence-corrected chi connectivity index (χ3v) is 8.42. The van der Waals surface area contributed by atoms with Gasteiger partial charge in [-0.25, -0.2) is 9.07 Å². The van der Waals surface area contributed by atoms with Gasteiger partial charge >= 0.3 is 0 Å². The van der Waals surface area contributed by atoms with Gasteiger partial charge in [-0.05, 0) is 92.2 Å². The third kappa shape index (κ3) is 5.39. The van der Waals surface area contributed by atoms with E-state index in [1.807, 2.05) is 10.9 Å². The Balaban J connectivity index is 1.50. The van der Waals surface area contributed by atoms with Crippen molar-refractivity contribution in [3.05, 3.63) is 53.1 Å². The Kier molecular flexibility index (Phi) is 8.13. The summed E-state index contributed by atoms with van der Waals surface area (Å²) in [7, 11) is 0. The van der Waals surface area contributed by atoms with Crippen molar-refractivity contribution in [3.63, 3.8) is 0 Å². The molecule has 5 heteroatoms. The van der Waals surface area contributed by atoms with Crippen LogP contribution in [-0.2, 0) is 11.2 Å². The minimum atomic E-state index is -0.233. The minimum absolute atomic E-state index is 0.104. The molecule has 1 fully saturated rings. The van der Waals surface area contributed by atoms with Crippen LogP contribution in [0.25, 0.3) is 11.8 Å². The summed E-state index contributed by atoms with van der Waals surface area (Å²) >= 11 is 0. The molecule has 3 atom stereocenters. The van der Waals surface area contributed by atoms with Crippen LogP contribution in [0, 0.1) is 23.1 Å². The van der Waals surface area contributed by atoms with Gasteiger partial charge in [0.15, 0.2) is 0 Å². The minimum Gasteiger partial charge on any atom is -0.353 e. The Morgan fingerprint density at radius 1 is 1.14 bits per heavy atom. The lowest BCUT2D eigenvalue weighted by Gasteiger charge is -2.38. The number of nitrogens with one attached hydrogen (secondary N) is 1. The van der Waals surface area contributed by atoms with Gasteiger partial charge in [0.05, 0.1) is 17.6 Å². The Morgan fingerprint density at radius 3 is 2.49 bits per heavy atom. The highest BCUT2D eigenvalue weighted by atomic mass is 19.1. The molecule has 1 aromatic heterocycles. The smallest absolute Gasteiger partial charge is 0.223 e. The highest BCUT2D eigenvalue weighted by Gasteiger charge is 2.46. The van der Waals surface area contributed by atoms with Gasteiger partial charge in [-0.3, -0.25) is 4.79 Å². The molecule has 0 radical (unpaired) electrons. The summed E-state index contributed by atoms with van der Waals surface area (Å²) in [4.78, 5) is 13.1. The Labute approximate surface area is 210 Å². The molecule has 190 valence electrons. The fraction of sp³-hybridized carbons (Fsp3) is 0.600. The molecule has 4 nitrogen and oxygen atoms in total. The number of rotatable bonds is 11. The van der Waals surface area contributed by atoms with Gasteiger partial charge in [0.1, 0.15) is 5.82 Å². The highest BCUT2D eigenvalue weighted by Crippen LogP contribution is 2.54. The Hall–Kier alpha value is -2.43. The predicted molar refractivity (Wildman–Crippen MR) is 141 cm³/mol. The van der Waals surface area contributed by atoms with E-state index in [1.165, 1.54) is 29.7 Å². The second-order valence-electron chi connectivity index (χ2n) is 10.9. The van der Waals surface area contributed by atoms with Crippen molar-refractivity contribution >= 4 is 12.0 Å². The molecule has 3 unspecified atom stereocenters. The molecule has 35 heavy (non-hydrogen) atoms. The normalized spacial score (nSPS) is 22.0. The molecule has 1 heterocycles.